The molecule has 2 aromatic rings. The van der Waals surface area contributed by atoms with Crippen molar-refractivity contribution in [1.29, 1.82) is 0 Å². The van der Waals surface area contributed by atoms with Crippen LogP contribution in [0.2, 0.25) is 0 Å². The molecule has 5 heteroatoms. The zero-order valence-corrected chi connectivity index (χ0v) is 18.1. The van der Waals surface area contributed by atoms with Gasteiger partial charge in [0.1, 0.15) is 17.5 Å². The summed E-state index contributed by atoms with van der Waals surface area (Å²) < 4.78 is 11.3. The third kappa shape index (κ3) is 4.16. The molecule has 1 N–H and O–H groups in total. The number of ether oxygens (including phenoxy) is 2. The van der Waals surface area contributed by atoms with Crippen molar-refractivity contribution in [1.82, 2.24) is 4.98 Å². The van der Waals surface area contributed by atoms with E-state index in [4.69, 9.17) is 9.47 Å². The van der Waals surface area contributed by atoms with Gasteiger partial charge in [0.25, 0.3) is 0 Å². The predicted octanol–water partition coefficient (Wildman–Crippen LogP) is 5.37. The summed E-state index contributed by atoms with van der Waals surface area (Å²) in [6, 6.07) is 7.96. The van der Waals surface area contributed by atoms with Crippen molar-refractivity contribution < 1.29 is 19.1 Å². The first kappa shape index (κ1) is 20.7. The number of carbonyl (C=O) groups excluding carboxylic acids is 2. The lowest BCUT2D eigenvalue weighted by molar-refractivity contribution is 0.0167. The first-order valence-corrected chi connectivity index (χ1v) is 11.1. The fourth-order valence-corrected chi connectivity index (χ4v) is 4.83. The molecule has 0 spiro atoms. The number of esters is 1. The van der Waals surface area contributed by atoms with Crippen molar-refractivity contribution >= 4 is 11.8 Å². The van der Waals surface area contributed by atoms with E-state index in [2.05, 4.69) is 11.9 Å². The number of hydrogen-bond donors (Lipinski definition) is 1. The Bertz CT molecular complexity index is 919. The number of aromatic amines is 1. The van der Waals surface area contributed by atoms with E-state index >= 15 is 0 Å². The van der Waals surface area contributed by atoms with Crippen LogP contribution in [0.1, 0.15) is 89.5 Å². The van der Waals surface area contributed by atoms with Gasteiger partial charge >= 0.3 is 5.97 Å². The Kier molecular flexibility index (Phi) is 5.98. The number of Topliss-reactive ketones (excluding diaryl/α,β-unsaturated/α-hetero) is 1. The molecule has 160 valence electrons. The molecule has 1 atom stereocenters. The highest BCUT2D eigenvalue weighted by Gasteiger charge is 2.33. The maximum Gasteiger partial charge on any atom is 0.355 e. The van der Waals surface area contributed by atoms with Crippen molar-refractivity contribution in [3.63, 3.8) is 0 Å². The van der Waals surface area contributed by atoms with Gasteiger partial charge in [-0.05, 0) is 81.0 Å². The third-order valence-electron chi connectivity index (χ3n) is 6.59. The van der Waals surface area contributed by atoms with Crippen LogP contribution in [0.15, 0.2) is 24.3 Å². The van der Waals surface area contributed by atoms with Gasteiger partial charge in [-0.1, -0.05) is 19.1 Å². The van der Waals surface area contributed by atoms with Gasteiger partial charge in [0.15, 0.2) is 5.78 Å². The van der Waals surface area contributed by atoms with Crippen LogP contribution in [-0.2, 0) is 11.2 Å². The normalized spacial score (nSPS) is 23.7. The summed E-state index contributed by atoms with van der Waals surface area (Å²) in [5.74, 6) is 1.40. The molecule has 1 fully saturated rings. The first-order chi connectivity index (χ1) is 14.5. The van der Waals surface area contributed by atoms with Crippen LogP contribution in [0.3, 0.4) is 0 Å². The lowest BCUT2D eigenvalue weighted by atomic mass is 9.81. The number of ketones is 1. The van der Waals surface area contributed by atoms with Crippen LogP contribution >= 0.6 is 0 Å². The molecule has 1 heterocycles. The standard InChI is InChI=1S/C25H31NO4/c1-4-29-19-11-7-17(8-12-19)18-13-21-23(22(27)14-18)16(3)24(26-21)25(28)30-20-9-5-15(2)6-10-20/h7-8,11-12,15,18,20,26H,4-6,9-10,13-14H2,1-3H3/t15?,18-,20?/m0/s1. The lowest BCUT2D eigenvalue weighted by Gasteiger charge is -2.25. The summed E-state index contributed by atoms with van der Waals surface area (Å²) in [6.45, 7) is 6.68. The highest BCUT2D eigenvalue weighted by Crippen LogP contribution is 2.36. The Morgan fingerprint density at radius 2 is 1.80 bits per heavy atom. The molecule has 0 saturated heterocycles. The number of rotatable bonds is 5. The van der Waals surface area contributed by atoms with E-state index in [0.717, 1.165) is 48.3 Å². The Morgan fingerprint density at radius 3 is 2.47 bits per heavy atom. The molecule has 1 aromatic heterocycles. The monoisotopic (exact) mass is 409 g/mol. The molecule has 1 saturated carbocycles. The van der Waals surface area contributed by atoms with Gasteiger partial charge in [0.05, 0.1) is 6.61 Å². The van der Waals surface area contributed by atoms with Crippen molar-refractivity contribution in [2.75, 3.05) is 6.61 Å². The number of carbonyl (C=O) groups is 2. The maximum absolute atomic E-state index is 12.9. The summed E-state index contributed by atoms with van der Waals surface area (Å²) in [5, 5.41) is 0. The summed E-state index contributed by atoms with van der Waals surface area (Å²) >= 11 is 0. The summed E-state index contributed by atoms with van der Waals surface area (Å²) in [5.41, 5.74) is 3.83. The third-order valence-corrected chi connectivity index (χ3v) is 6.59. The molecule has 2 aliphatic rings. The smallest absolute Gasteiger partial charge is 0.355 e. The second-order valence-corrected chi connectivity index (χ2v) is 8.80. The van der Waals surface area contributed by atoms with Crippen LogP contribution < -0.4 is 4.74 Å². The second-order valence-electron chi connectivity index (χ2n) is 8.80. The highest BCUT2D eigenvalue weighted by atomic mass is 16.5. The van der Waals surface area contributed by atoms with Crippen LogP contribution in [-0.4, -0.2) is 29.4 Å². The van der Waals surface area contributed by atoms with Gasteiger partial charge in [-0.15, -0.1) is 0 Å². The molecule has 0 radical (unpaired) electrons. The lowest BCUT2D eigenvalue weighted by Crippen LogP contribution is -2.24. The summed E-state index contributed by atoms with van der Waals surface area (Å²) in [4.78, 5) is 29.0. The van der Waals surface area contributed by atoms with E-state index in [1.807, 2.05) is 38.1 Å². The molecule has 1 aromatic carbocycles. The quantitative estimate of drug-likeness (QED) is 0.674. The second kappa shape index (κ2) is 8.66. The minimum atomic E-state index is -0.327. The van der Waals surface area contributed by atoms with E-state index in [0.29, 0.717) is 36.6 Å². The van der Waals surface area contributed by atoms with Crippen LogP contribution in [0.25, 0.3) is 0 Å². The number of H-pyrrole nitrogens is 1. The molecule has 2 aliphatic carbocycles. The predicted molar refractivity (Wildman–Crippen MR) is 115 cm³/mol. The number of aromatic nitrogens is 1. The minimum Gasteiger partial charge on any atom is -0.494 e. The molecular formula is C25H31NO4. The zero-order valence-electron chi connectivity index (χ0n) is 18.1. The number of hydrogen-bond acceptors (Lipinski definition) is 4. The minimum absolute atomic E-state index is 0.0132. The van der Waals surface area contributed by atoms with Gasteiger partial charge < -0.3 is 14.5 Å². The highest BCUT2D eigenvalue weighted by molar-refractivity contribution is 6.03. The molecule has 0 aliphatic heterocycles. The molecule has 0 amide bonds. The van der Waals surface area contributed by atoms with Crippen molar-refractivity contribution in [2.24, 2.45) is 5.92 Å². The Balaban J connectivity index is 1.50. The summed E-state index contributed by atoms with van der Waals surface area (Å²) in [6.07, 6.45) is 5.19. The van der Waals surface area contributed by atoms with E-state index in [-0.39, 0.29) is 23.8 Å². The Morgan fingerprint density at radius 1 is 1.10 bits per heavy atom. The average molecular weight is 410 g/mol. The van der Waals surface area contributed by atoms with Gasteiger partial charge in [0, 0.05) is 17.7 Å². The maximum atomic E-state index is 12.9. The van der Waals surface area contributed by atoms with Gasteiger partial charge in [-0.2, -0.15) is 0 Å². The van der Waals surface area contributed by atoms with Crippen LogP contribution in [0.5, 0.6) is 5.75 Å². The summed E-state index contributed by atoms with van der Waals surface area (Å²) in [7, 11) is 0. The van der Waals surface area contributed by atoms with Crippen molar-refractivity contribution in [3.05, 3.63) is 52.3 Å². The number of benzene rings is 1. The van der Waals surface area contributed by atoms with Crippen molar-refractivity contribution in [2.45, 2.75) is 71.3 Å². The molecule has 5 nitrogen and oxygen atoms in total. The van der Waals surface area contributed by atoms with E-state index in [9.17, 15) is 9.59 Å². The SMILES string of the molecule is CCOc1ccc([C@@H]2CC(=O)c3c([nH]c(C(=O)OC4CCC(C)CC4)c3C)C2)cc1. The Labute approximate surface area is 178 Å². The molecule has 0 unspecified atom stereocenters. The topological polar surface area (TPSA) is 68.4 Å². The van der Waals surface area contributed by atoms with Gasteiger partial charge in [0.2, 0.25) is 0 Å². The fraction of sp³-hybridized carbons (Fsp3) is 0.520. The number of fused-ring (bicyclic) bond motifs is 1. The van der Waals surface area contributed by atoms with Crippen molar-refractivity contribution in [3.8, 4) is 5.75 Å². The first-order valence-electron chi connectivity index (χ1n) is 11.1. The van der Waals surface area contributed by atoms with Gasteiger partial charge in [-0.25, -0.2) is 4.79 Å². The Hall–Kier alpha value is -2.56. The van der Waals surface area contributed by atoms with Gasteiger partial charge in [-0.3, -0.25) is 4.79 Å². The number of nitrogens with one attached hydrogen (secondary N) is 1. The zero-order chi connectivity index (χ0) is 21.3. The van der Waals surface area contributed by atoms with E-state index < -0.39 is 0 Å². The average Bonchev–Trinajstić information content (AvgIpc) is 3.07. The van der Waals surface area contributed by atoms with Crippen LogP contribution in [0.4, 0.5) is 0 Å². The molecule has 30 heavy (non-hydrogen) atoms. The molecule has 0 bridgehead atoms. The molecule has 4 rings (SSSR count). The van der Waals surface area contributed by atoms with E-state index in [1.54, 1.807) is 0 Å². The fourth-order valence-electron chi connectivity index (χ4n) is 4.83. The largest absolute Gasteiger partial charge is 0.494 e. The van der Waals surface area contributed by atoms with E-state index in [1.165, 1.54) is 0 Å². The molecular weight excluding hydrogens is 378 g/mol. The van der Waals surface area contributed by atoms with Crippen LogP contribution in [0, 0.1) is 12.8 Å².